The van der Waals surface area contributed by atoms with Crippen molar-refractivity contribution in [1.29, 1.82) is 0 Å². The van der Waals surface area contributed by atoms with E-state index in [9.17, 15) is 5.11 Å². The van der Waals surface area contributed by atoms with E-state index in [-0.39, 0.29) is 9.52 Å². The number of aryl methyl sites for hydroxylation is 2. The van der Waals surface area contributed by atoms with Crippen LogP contribution in [0.15, 0.2) is 30.3 Å². The zero-order valence-electron chi connectivity index (χ0n) is 17.5. The number of aromatic hydroxyl groups is 1. The first-order valence-electron chi connectivity index (χ1n) is 10.2. The van der Waals surface area contributed by atoms with Gasteiger partial charge in [-0.25, -0.2) is 0 Å². The van der Waals surface area contributed by atoms with Gasteiger partial charge in [-0.05, 0) is 72.8 Å². The third-order valence-corrected chi connectivity index (χ3v) is 7.22. The molecule has 0 fully saturated rings. The zero-order valence-corrected chi connectivity index (χ0v) is 18.9. The van der Waals surface area contributed by atoms with Crippen molar-refractivity contribution in [3.05, 3.63) is 58.1 Å². The summed E-state index contributed by atoms with van der Waals surface area (Å²) in [6.07, 6.45) is 3.05. The third kappa shape index (κ3) is 5.74. The molecule has 2 heteroatoms. The van der Waals surface area contributed by atoms with Crippen LogP contribution in [0.3, 0.4) is 0 Å². The predicted molar refractivity (Wildman–Crippen MR) is 118 cm³/mol. The van der Waals surface area contributed by atoms with Crippen LogP contribution in [-0.2, 0) is 19.3 Å². The molecule has 142 valence electrons. The molecule has 0 aliphatic carbocycles. The van der Waals surface area contributed by atoms with Crippen LogP contribution in [0.4, 0.5) is 0 Å². The van der Waals surface area contributed by atoms with Crippen LogP contribution < -0.4 is 5.19 Å². The van der Waals surface area contributed by atoms with E-state index in [4.69, 9.17) is 0 Å². The summed E-state index contributed by atoms with van der Waals surface area (Å²) in [5.41, 5.74) is 6.60. The standard InChI is InChI=1S/C24H36OSi/c1-16(2)12-21-14-20(15-22(24(21)25)13-17(3)4)10-11-26-23-9-7-8-18(5)19(23)6/h7-9,14-17,25H,10-13,26H2,1-6H3. The normalized spacial score (nSPS) is 12.0. The molecule has 0 saturated carbocycles. The summed E-state index contributed by atoms with van der Waals surface area (Å²) in [6.45, 7) is 13.4. The molecule has 0 atom stereocenters. The highest BCUT2D eigenvalue weighted by molar-refractivity contribution is 6.54. The lowest BCUT2D eigenvalue weighted by molar-refractivity contribution is 0.450. The molecule has 0 aromatic heterocycles. The lowest BCUT2D eigenvalue weighted by Crippen LogP contribution is -2.18. The number of phenolic OH excluding ortho intramolecular Hbond substituents is 1. The Kier molecular flexibility index (Phi) is 7.51. The summed E-state index contributed by atoms with van der Waals surface area (Å²) in [7, 11) is -0.246. The summed E-state index contributed by atoms with van der Waals surface area (Å²) in [6, 6.07) is 12.5. The molecule has 2 aromatic rings. The van der Waals surface area contributed by atoms with E-state index in [2.05, 4.69) is 71.9 Å². The summed E-state index contributed by atoms with van der Waals surface area (Å²) in [5, 5.41) is 12.3. The molecular weight excluding hydrogens is 332 g/mol. The minimum atomic E-state index is -0.246. The van der Waals surface area contributed by atoms with Gasteiger partial charge in [0.2, 0.25) is 0 Å². The molecule has 0 aliphatic heterocycles. The third-order valence-electron chi connectivity index (χ3n) is 5.21. The Morgan fingerprint density at radius 2 is 1.50 bits per heavy atom. The summed E-state index contributed by atoms with van der Waals surface area (Å²) >= 11 is 0. The van der Waals surface area contributed by atoms with E-state index >= 15 is 0 Å². The van der Waals surface area contributed by atoms with Crippen LogP contribution in [0, 0.1) is 25.7 Å². The van der Waals surface area contributed by atoms with E-state index in [1.54, 1.807) is 5.19 Å². The van der Waals surface area contributed by atoms with Gasteiger partial charge in [0.15, 0.2) is 0 Å². The largest absolute Gasteiger partial charge is 0.507 e. The molecule has 0 radical (unpaired) electrons. The zero-order chi connectivity index (χ0) is 19.3. The Hall–Kier alpha value is -1.54. The first-order chi connectivity index (χ1) is 12.3. The highest BCUT2D eigenvalue weighted by Gasteiger charge is 2.13. The Morgan fingerprint density at radius 3 is 2.04 bits per heavy atom. The molecule has 0 spiro atoms. The summed E-state index contributed by atoms with van der Waals surface area (Å²) in [5.74, 6) is 1.67. The average molecular weight is 369 g/mol. The van der Waals surface area contributed by atoms with Crippen LogP contribution in [0.5, 0.6) is 5.75 Å². The minimum Gasteiger partial charge on any atom is -0.507 e. The molecule has 1 nitrogen and oxygen atoms in total. The first-order valence-corrected chi connectivity index (χ1v) is 11.9. The molecule has 2 aromatic carbocycles. The van der Waals surface area contributed by atoms with Crippen LogP contribution in [-0.4, -0.2) is 14.6 Å². The highest BCUT2D eigenvalue weighted by atomic mass is 28.2. The fraction of sp³-hybridized carbons (Fsp3) is 0.500. The Labute approximate surface area is 162 Å². The lowest BCUT2D eigenvalue weighted by atomic mass is 9.92. The molecule has 0 bridgehead atoms. The van der Waals surface area contributed by atoms with Crippen LogP contribution in [0.25, 0.3) is 0 Å². The van der Waals surface area contributed by atoms with Crippen molar-refractivity contribution in [1.82, 2.24) is 0 Å². The monoisotopic (exact) mass is 368 g/mol. The molecule has 0 heterocycles. The van der Waals surface area contributed by atoms with Gasteiger partial charge in [0.05, 0.1) is 9.52 Å². The van der Waals surface area contributed by atoms with Crippen molar-refractivity contribution < 1.29 is 5.11 Å². The van der Waals surface area contributed by atoms with Crippen molar-refractivity contribution in [3.63, 3.8) is 0 Å². The maximum absolute atomic E-state index is 10.7. The second-order valence-electron chi connectivity index (χ2n) is 8.67. The van der Waals surface area contributed by atoms with Gasteiger partial charge >= 0.3 is 0 Å². The number of phenols is 1. The fourth-order valence-electron chi connectivity index (χ4n) is 3.73. The summed E-state index contributed by atoms with van der Waals surface area (Å²) < 4.78 is 0. The predicted octanol–water partition coefficient (Wildman–Crippen LogP) is 4.86. The van der Waals surface area contributed by atoms with E-state index in [0.717, 1.165) is 30.4 Å². The van der Waals surface area contributed by atoms with Crippen molar-refractivity contribution in [2.75, 3.05) is 0 Å². The van der Waals surface area contributed by atoms with Crippen molar-refractivity contribution in [2.45, 2.75) is 66.8 Å². The lowest BCUT2D eigenvalue weighted by Gasteiger charge is -2.16. The average Bonchev–Trinajstić information content (AvgIpc) is 2.54. The fourth-order valence-corrected chi connectivity index (χ4v) is 5.66. The van der Waals surface area contributed by atoms with Crippen LogP contribution in [0.2, 0.25) is 6.04 Å². The molecule has 0 saturated heterocycles. The molecule has 0 aliphatic rings. The van der Waals surface area contributed by atoms with Gasteiger partial charge in [-0.3, -0.25) is 0 Å². The van der Waals surface area contributed by atoms with Gasteiger partial charge in [0, 0.05) is 0 Å². The Bertz CT molecular complexity index is 700. The molecule has 2 rings (SSSR count). The van der Waals surface area contributed by atoms with E-state index in [1.807, 2.05) is 0 Å². The van der Waals surface area contributed by atoms with Crippen molar-refractivity contribution in [3.8, 4) is 5.75 Å². The molecule has 1 N–H and O–H groups in total. The number of benzene rings is 2. The van der Waals surface area contributed by atoms with E-state index in [1.165, 1.54) is 22.7 Å². The van der Waals surface area contributed by atoms with Gasteiger partial charge in [-0.1, -0.05) is 69.3 Å². The number of rotatable bonds is 8. The minimum absolute atomic E-state index is 0.246. The highest BCUT2D eigenvalue weighted by Crippen LogP contribution is 2.29. The van der Waals surface area contributed by atoms with Crippen molar-refractivity contribution >= 4 is 14.7 Å². The maximum atomic E-state index is 10.7. The Balaban J connectivity index is 2.15. The van der Waals surface area contributed by atoms with Gasteiger partial charge in [-0.15, -0.1) is 0 Å². The van der Waals surface area contributed by atoms with E-state index < -0.39 is 0 Å². The van der Waals surface area contributed by atoms with Crippen LogP contribution in [0.1, 0.15) is 55.5 Å². The number of hydrogen-bond acceptors (Lipinski definition) is 1. The Morgan fingerprint density at radius 1 is 0.923 bits per heavy atom. The van der Waals surface area contributed by atoms with Gasteiger partial charge < -0.3 is 5.11 Å². The molecular formula is C24H36OSi. The van der Waals surface area contributed by atoms with Gasteiger partial charge in [-0.2, -0.15) is 0 Å². The molecule has 0 amide bonds. The van der Waals surface area contributed by atoms with Gasteiger partial charge in [0.1, 0.15) is 5.75 Å². The van der Waals surface area contributed by atoms with Gasteiger partial charge in [0.25, 0.3) is 0 Å². The smallest absolute Gasteiger partial charge is 0.121 e. The quantitative estimate of drug-likeness (QED) is 0.660. The van der Waals surface area contributed by atoms with Crippen LogP contribution >= 0.6 is 0 Å². The van der Waals surface area contributed by atoms with E-state index in [0.29, 0.717) is 17.6 Å². The molecule has 0 unspecified atom stereocenters. The summed E-state index contributed by atoms with van der Waals surface area (Å²) in [4.78, 5) is 0. The molecule has 26 heavy (non-hydrogen) atoms. The SMILES string of the molecule is Cc1cccc([SiH2]CCc2cc(CC(C)C)c(O)c(CC(C)C)c2)c1C. The maximum Gasteiger partial charge on any atom is 0.121 e. The first kappa shape index (κ1) is 20.8. The topological polar surface area (TPSA) is 20.2 Å². The number of hydrogen-bond donors (Lipinski definition) is 1. The van der Waals surface area contributed by atoms with Crippen molar-refractivity contribution in [2.24, 2.45) is 11.8 Å². The second-order valence-corrected chi connectivity index (χ2v) is 10.6. The second kappa shape index (κ2) is 9.41.